The minimum Gasteiger partial charge on any atom is -0.633 e. The number of likely N-dealkylation sites (N-methyl/N-ethyl adjacent to an activating group) is 2. The SMILES string of the molecule is COc1cc(N(C)C(=O)/C=C/C[N+](C)([O-])C2CC2)cc(-n2c3c(n(-c4ccc(Oc5ccccc5)cc4)c2=O)C(=N)C(C)=C=CN3)c1. The number of nitrogens with zero attached hydrogens (tertiary/aromatic N) is 4. The number of allylic oxidation sites excluding steroid dienone is 1. The lowest BCUT2D eigenvalue weighted by Crippen LogP contribution is -2.40. The number of rotatable bonds is 10. The molecule has 3 aromatic carbocycles. The first-order chi connectivity index (χ1) is 22.6. The number of ether oxygens (including phenoxy) is 2. The first-order valence-corrected chi connectivity index (χ1v) is 15.3. The Morgan fingerprint density at radius 1 is 1.06 bits per heavy atom. The molecule has 1 unspecified atom stereocenters. The molecule has 240 valence electrons. The second kappa shape index (κ2) is 12.6. The third-order valence-electron chi connectivity index (χ3n) is 8.37. The van der Waals surface area contributed by atoms with Crippen molar-refractivity contribution in [3.05, 3.63) is 124 Å². The zero-order valence-corrected chi connectivity index (χ0v) is 26.7. The van der Waals surface area contributed by atoms with Crippen molar-refractivity contribution in [2.75, 3.05) is 38.0 Å². The van der Waals surface area contributed by atoms with E-state index < -0.39 is 10.3 Å². The van der Waals surface area contributed by atoms with E-state index in [0.717, 1.165) is 12.8 Å². The van der Waals surface area contributed by atoms with Crippen LogP contribution in [0.2, 0.25) is 0 Å². The van der Waals surface area contributed by atoms with Crippen molar-refractivity contribution in [3.8, 4) is 28.6 Å². The summed E-state index contributed by atoms with van der Waals surface area (Å²) in [6.45, 7) is 1.97. The molecule has 2 aliphatic rings. The Balaban J connectivity index is 1.39. The molecule has 11 nitrogen and oxygen atoms in total. The molecule has 2 heterocycles. The third-order valence-corrected chi connectivity index (χ3v) is 8.37. The first-order valence-electron chi connectivity index (χ1n) is 15.3. The van der Waals surface area contributed by atoms with Crippen LogP contribution >= 0.6 is 0 Å². The van der Waals surface area contributed by atoms with Gasteiger partial charge in [-0.3, -0.25) is 14.8 Å². The molecule has 2 N–H and O–H groups in total. The number of imidazole rings is 1. The first kappa shape index (κ1) is 31.4. The quantitative estimate of drug-likeness (QED) is 0.0970. The Bertz CT molecular complexity index is 2000. The smallest absolute Gasteiger partial charge is 0.339 e. The van der Waals surface area contributed by atoms with Crippen LogP contribution in [0.25, 0.3) is 11.4 Å². The molecule has 11 heteroatoms. The van der Waals surface area contributed by atoms with Crippen LogP contribution in [-0.4, -0.2) is 59.2 Å². The summed E-state index contributed by atoms with van der Waals surface area (Å²) in [6.07, 6.45) is 6.40. The lowest BCUT2D eigenvalue weighted by molar-refractivity contribution is -0.865. The fourth-order valence-corrected chi connectivity index (χ4v) is 5.48. The lowest BCUT2D eigenvalue weighted by atomic mass is 10.1. The van der Waals surface area contributed by atoms with Crippen molar-refractivity contribution < 1.29 is 18.9 Å². The van der Waals surface area contributed by atoms with E-state index in [9.17, 15) is 14.8 Å². The molecular formula is C36H36N6O5. The Morgan fingerprint density at radius 2 is 1.77 bits per heavy atom. The molecule has 0 spiro atoms. The van der Waals surface area contributed by atoms with Gasteiger partial charge in [0.05, 0.1) is 43.8 Å². The number of anilines is 2. The van der Waals surface area contributed by atoms with Crippen molar-refractivity contribution in [3.63, 3.8) is 0 Å². The molecule has 1 atom stereocenters. The molecule has 1 amide bonds. The maximum Gasteiger partial charge on any atom is 0.339 e. The van der Waals surface area contributed by atoms with Crippen LogP contribution in [0.1, 0.15) is 25.5 Å². The van der Waals surface area contributed by atoms with Crippen LogP contribution in [0.5, 0.6) is 17.2 Å². The third kappa shape index (κ3) is 6.41. The number of hydrogen-bond acceptors (Lipinski definition) is 7. The van der Waals surface area contributed by atoms with Gasteiger partial charge >= 0.3 is 5.69 Å². The van der Waals surface area contributed by atoms with E-state index in [4.69, 9.17) is 14.9 Å². The molecule has 6 rings (SSSR count). The van der Waals surface area contributed by atoms with Crippen molar-refractivity contribution in [2.24, 2.45) is 0 Å². The number of carbonyl (C=O) groups excluding carboxylic acids is 1. The fourth-order valence-electron chi connectivity index (χ4n) is 5.48. The van der Waals surface area contributed by atoms with Gasteiger partial charge in [-0.05, 0) is 55.5 Å². The van der Waals surface area contributed by atoms with Gasteiger partial charge in [-0.1, -0.05) is 23.9 Å². The van der Waals surface area contributed by atoms with Crippen LogP contribution in [0, 0.1) is 10.6 Å². The van der Waals surface area contributed by atoms with E-state index in [1.54, 1.807) is 75.8 Å². The number of hydrogen-bond donors (Lipinski definition) is 2. The predicted molar refractivity (Wildman–Crippen MR) is 182 cm³/mol. The van der Waals surface area contributed by atoms with E-state index in [1.807, 2.05) is 30.3 Å². The number of hydroxylamine groups is 3. The number of carbonyl (C=O) groups is 1. The number of aromatic nitrogens is 2. The van der Waals surface area contributed by atoms with Crippen LogP contribution in [-0.2, 0) is 4.79 Å². The zero-order chi connectivity index (χ0) is 33.3. The van der Waals surface area contributed by atoms with Gasteiger partial charge in [0.15, 0.2) is 0 Å². The highest BCUT2D eigenvalue weighted by molar-refractivity contribution is 6.13. The van der Waals surface area contributed by atoms with Crippen LogP contribution < -0.4 is 25.4 Å². The van der Waals surface area contributed by atoms with E-state index in [-0.39, 0.29) is 24.2 Å². The van der Waals surface area contributed by atoms with Crippen LogP contribution in [0.4, 0.5) is 11.5 Å². The molecule has 4 aromatic rings. The second-order valence-electron chi connectivity index (χ2n) is 11.8. The average molecular weight is 633 g/mol. The van der Waals surface area contributed by atoms with Gasteiger partial charge in [0.1, 0.15) is 28.8 Å². The number of nitrogens with one attached hydrogen (secondary N) is 2. The van der Waals surface area contributed by atoms with Crippen molar-refractivity contribution in [1.29, 1.82) is 5.41 Å². The van der Waals surface area contributed by atoms with Gasteiger partial charge in [0, 0.05) is 55.6 Å². The topological polar surface area (TPSA) is 125 Å². The molecule has 1 aliphatic heterocycles. The van der Waals surface area contributed by atoms with E-state index in [1.165, 1.54) is 27.2 Å². The summed E-state index contributed by atoms with van der Waals surface area (Å²) in [4.78, 5) is 29.0. The molecule has 0 bridgehead atoms. The number of benzene rings is 3. The molecule has 0 saturated heterocycles. The number of para-hydroxylation sites is 1. The van der Waals surface area contributed by atoms with Gasteiger partial charge in [-0.25, -0.2) is 9.36 Å². The molecule has 1 aliphatic carbocycles. The Hall–Kier alpha value is -5.61. The van der Waals surface area contributed by atoms with Crippen molar-refractivity contribution in [1.82, 2.24) is 9.13 Å². The molecule has 1 fully saturated rings. The molecule has 47 heavy (non-hydrogen) atoms. The largest absolute Gasteiger partial charge is 0.633 e. The van der Waals surface area contributed by atoms with E-state index in [0.29, 0.717) is 51.4 Å². The van der Waals surface area contributed by atoms with Gasteiger partial charge in [0.2, 0.25) is 0 Å². The molecule has 1 saturated carbocycles. The highest BCUT2D eigenvalue weighted by atomic mass is 16.5. The van der Waals surface area contributed by atoms with Crippen LogP contribution in [0.3, 0.4) is 0 Å². The van der Waals surface area contributed by atoms with Crippen molar-refractivity contribution >= 4 is 23.1 Å². The van der Waals surface area contributed by atoms with Gasteiger partial charge in [0.25, 0.3) is 5.91 Å². The summed E-state index contributed by atoms with van der Waals surface area (Å²) >= 11 is 0. The standard InChI is InChI=1S/C36H36N6O5/c1-24-18-19-38-35-34(33(24)37)40(25-12-16-30(17-13-25)47-29-9-6-5-7-10-29)36(44)41(35)27-21-26(22-31(23-27)46-4)39(2)32(43)11-8-20-42(3,45)28-14-15-28/h5-13,16-17,19,21-23,28,37-38H,14-15,20H2,1-4H3/b11-8+,37-33?. The molecule has 0 radical (unpaired) electrons. The number of fused-ring (bicyclic) bond motifs is 1. The maximum atomic E-state index is 14.4. The summed E-state index contributed by atoms with van der Waals surface area (Å²) in [5, 5.41) is 24.8. The predicted octanol–water partition coefficient (Wildman–Crippen LogP) is 5.91. The van der Waals surface area contributed by atoms with Gasteiger partial charge in [-0.15, -0.1) is 0 Å². The summed E-state index contributed by atoms with van der Waals surface area (Å²) in [5.41, 5.74) is 5.04. The highest BCUT2D eigenvalue weighted by Gasteiger charge is 2.34. The fraction of sp³-hybridized carbons (Fsp3) is 0.222. The summed E-state index contributed by atoms with van der Waals surface area (Å²) < 4.78 is 14.1. The minimum absolute atomic E-state index is 0.0960. The average Bonchev–Trinajstić information content (AvgIpc) is 3.91. The number of amides is 1. The molecule has 1 aromatic heterocycles. The Morgan fingerprint density at radius 3 is 2.45 bits per heavy atom. The monoisotopic (exact) mass is 632 g/mol. The number of quaternary nitrogens is 1. The van der Waals surface area contributed by atoms with Gasteiger partial charge < -0.3 is 29.5 Å². The van der Waals surface area contributed by atoms with E-state index >= 15 is 0 Å². The number of methoxy groups -OCH3 is 1. The Labute approximate surface area is 272 Å². The summed E-state index contributed by atoms with van der Waals surface area (Å²) in [5.74, 6) is 1.72. The summed E-state index contributed by atoms with van der Waals surface area (Å²) in [6, 6.07) is 21.6. The highest BCUT2D eigenvalue weighted by Crippen LogP contribution is 2.33. The lowest BCUT2D eigenvalue weighted by Gasteiger charge is -2.38. The second-order valence-corrected chi connectivity index (χ2v) is 11.8. The van der Waals surface area contributed by atoms with Crippen LogP contribution in [0.15, 0.2) is 107 Å². The maximum absolute atomic E-state index is 14.4. The van der Waals surface area contributed by atoms with Gasteiger partial charge in [-0.2, -0.15) is 0 Å². The summed E-state index contributed by atoms with van der Waals surface area (Å²) in [7, 11) is 4.76. The zero-order valence-electron chi connectivity index (χ0n) is 26.7. The van der Waals surface area contributed by atoms with Crippen molar-refractivity contribution in [2.45, 2.75) is 25.8 Å². The molecular weight excluding hydrogens is 596 g/mol. The van der Waals surface area contributed by atoms with E-state index in [2.05, 4.69) is 11.0 Å². The minimum atomic E-state index is -0.437. The Kier molecular flexibility index (Phi) is 8.44. The normalized spacial score (nSPS) is 15.3.